The number of hydrogen-bond donors (Lipinski definition) is 1. The van der Waals surface area contributed by atoms with E-state index in [-0.39, 0.29) is 24.6 Å². The molecule has 0 saturated carbocycles. The largest absolute Gasteiger partial charge is 0.383 e. The molecule has 0 radical (unpaired) electrons. The minimum atomic E-state index is -3.86. The summed E-state index contributed by atoms with van der Waals surface area (Å²) < 4.78 is 31.7. The number of carbonyl (C=O) groups is 1. The minimum Gasteiger partial charge on any atom is -0.383 e. The predicted octanol–water partition coefficient (Wildman–Crippen LogP) is 2.69. The van der Waals surface area contributed by atoms with E-state index in [2.05, 4.69) is 10.3 Å². The van der Waals surface area contributed by atoms with Crippen molar-refractivity contribution in [1.82, 2.24) is 9.29 Å². The molecule has 10 heteroatoms. The molecule has 26 heavy (non-hydrogen) atoms. The van der Waals surface area contributed by atoms with Crippen LogP contribution in [0.15, 0.2) is 29.2 Å². The van der Waals surface area contributed by atoms with Gasteiger partial charge in [-0.15, -0.1) is 11.3 Å². The normalized spacial score (nSPS) is 11.7. The molecule has 0 aliphatic carbocycles. The highest BCUT2D eigenvalue weighted by atomic mass is 35.5. The average Bonchev–Trinajstić information content (AvgIpc) is 2.89. The maximum Gasteiger partial charge on any atom is 0.243 e. The zero-order valence-electron chi connectivity index (χ0n) is 14.7. The third-order valence-corrected chi connectivity index (χ3v) is 6.69. The lowest BCUT2D eigenvalue weighted by Gasteiger charge is -2.21. The molecule has 0 aliphatic rings. The van der Waals surface area contributed by atoms with Crippen molar-refractivity contribution in [3.8, 4) is 0 Å². The molecule has 1 heterocycles. The van der Waals surface area contributed by atoms with E-state index in [1.165, 1.54) is 42.7 Å². The number of carbonyl (C=O) groups excluding carboxylic acids is 1. The molecular formula is C16H20ClN3O4S2. The zero-order valence-corrected chi connectivity index (χ0v) is 17.0. The number of ether oxygens (including phenoxy) is 1. The van der Waals surface area contributed by atoms with Crippen molar-refractivity contribution in [1.29, 1.82) is 0 Å². The third-order valence-electron chi connectivity index (χ3n) is 3.59. The quantitative estimate of drug-likeness (QED) is 0.713. The molecule has 1 aromatic carbocycles. The lowest BCUT2D eigenvalue weighted by Crippen LogP contribution is -2.39. The highest BCUT2D eigenvalue weighted by molar-refractivity contribution is 7.89. The number of amides is 1. The van der Waals surface area contributed by atoms with E-state index in [1.807, 2.05) is 13.8 Å². The van der Waals surface area contributed by atoms with Crippen molar-refractivity contribution in [2.45, 2.75) is 18.7 Å². The molecule has 142 valence electrons. The summed E-state index contributed by atoms with van der Waals surface area (Å²) in [6.45, 7) is 3.61. The first-order chi connectivity index (χ1) is 12.2. The van der Waals surface area contributed by atoms with Crippen LogP contribution in [-0.4, -0.2) is 50.4 Å². The maximum atomic E-state index is 12.8. The summed E-state index contributed by atoms with van der Waals surface area (Å²) in [5, 5.41) is 3.52. The van der Waals surface area contributed by atoms with Gasteiger partial charge in [0.2, 0.25) is 15.9 Å². The topological polar surface area (TPSA) is 88.6 Å². The molecule has 0 fully saturated rings. The molecule has 0 aliphatic heterocycles. The number of nitrogens with one attached hydrogen (secondary N) is 1. The maximum absolute atomic E-state index is 12.8. The van der Waals surface area contributed by atoms with E-state index in [4.69, 9.17) is 16.3 Å². The molecular weight excluding hydrogens is 398 g/mol. The number of rotatable bonds is 8. The Balaban J connectivity index is 2.17. The van der Waals surface area contributed by atoms with E-state index in [0.29, 0.717) is 10.2 Å². The number of aromatic nitrogens is 1. The first kappa shape index (κ1) is 20.8. The van der Waals surface area contributed by atoms with Crippen LogP contribution in [0.2, 0.25) is 5.02 Å². The van der Waals surface area contributed by atoms with Gasteiger partial charge in [0.25, 0.3) is 0 Å². The summed E-state index contributed by atoms with van der Waals surface area (Å²) in [5.41, 5.74) is 0.829. The molecule has 0 spiro atoms. The molecule has 0 atom stereocenters. The average molecular weight is 418 g/mol. The Hall–Kier alpha value is -1.52. The number of benzene rings is 1. The number of thiazole rings is 1. The second kappa shape index (κ2) is 8.92. The van der Waals surface area contributed by atoms with Gasteiger partial charge in [0.1, 0.15) is 0 Å². The van der Waals surface area contributed by atoms with Gasteiger partial charge >= 0.3 is 0 Å². The Morgan fingerprint density at radius 3 is 2.50 bits per heavy atom. The van der Waals surface area contributed by atoms with Crippen molar-refractivity contribution >= 4 is 44.0 Å². The number of nitrogens with zero attached hydrogens (tertiary/aromatic N) is 2. The van der Waals surface area contributed by atoms with Gasteiger partial charge in [-0.1, -0.05) is 11.6 Å². The van der Waals surface area contributed by atoms with Gasteiger partial charge in [0.15, 0.2) is 5.13 Å². The Bertz CT molecular complexity index is 847. The molecule has 1 N–H and O–H groups in total. The van der Waals surface area contributed by atoms with Gasteiger partial charge in [-0.2, -0.15) is 4.31 Å². The second-order valence-electron chi connectivity index (χ2n) is 5.49. The summed E-state index contributed by atoms with van der Waals surface area (Å²) in [4.78, 5) is 17.6. The van der Waals surface area contributed by atoms with Crippen LogP contribution in [0.1, 0.15) is 10.6 Å². The Morgan fingerprint density at radius 1 is 1.31 bits per heavy atom. The molecule has 0 saturated heterocycles. The molecule has 0 unspecified atom stereocenters. The number of aryl methyl sites for hydroxylation is 2. The van der Waals surface area contributed by atoms with Crippen molar-refractivity contribution in [3.05, 3.63) is 39.9 Å². The summed E-state index contributed by atoms with van der Waals surface area (Å²) in [6.07, 6.45) is 0. The highest BCUT2D eigenvalue weighted by Crippen LogP contribution is 2.22. The predicted molar refractivity (Wildman–Crippen MR) is 102 cm³/mol. The van der Waals surface area contributed by atoms with E-state index in [1.54, 1.807) is 0 Å². The van der Waals surface area contributed by atoms with Crippen LogP contribution in [0.5, 0.6) is 0 Å². The van der Waals surface area contributed by atoms with Gasteiger partial charge in [-0.3, -0.25) is 4.79 Å². The van der Waals surface area contributed by atoms with E-state index < -0.39 is 15.9 Å². The minimum absolute atomic E-state index is 0.0464. The lowest BCUT2D eigenvalue weighted by molar-refractivity contribution is -0.116. The van der Waals surface area contributed by atoms with Crippen molar-refractivity contribution in [3.63, 3.8) is 0 Å². The van der Waals surface area contributed by atoms with Crippen molar-refractivity contribution < 1.29 is 17.9 Å². The van der Waals surface area contributed by atoms with Crippen molar-refractivity contribution in [2.24, 2.45) is 0 Å². The van der Waals surface area contributed by atoms with Gasteiger partial charge in [0.05, 0.1) is 23.7 Å². The lowest BCUT2D eigenvalue weighted by atomic mass is 10.4. The monoisotopic (exact) mass is 417 g/mol. The van der Waals surface area contributed by atoms with E-state index in [0.717, 1.165) is 14.9 Å². The second-order valence-corrected chi connectivity index (χ2v) is 9.07. The van der Waals surface area contributed by atoms with Gasteiger partial charge in [-0.05, 0) is 38.1 Å². The number of halogens is 1. The number of hydrogen-bond acceptors (Lipinski definition) is 6. The zero-order chi connectivity index (χ0) is 19.3. The smallest absolute Gasteiger partial charge is 0.243 e. The number of methoxy groups -OCH3 is 1. The van der Waals surface area contributed by atoms with Gasteiger partial charge < -0.3 is 10.1 Å². The molecule has 2 aromatic rings. The highest BCUT2D eigenvalue weighted by Gasteiger charge is 2.26. The standard InChI is InChI=1S/C16H20ClN3O4S2/c1-11-12(2)25-16(18-11)19-15(21)10-20(8-9-24-3)26(22,23)14-6-4-13(17)5-7-14/h4-7H,8-10H2,1-3H3,(H,18,19,21). The van der Waals surface area contributed by atoms with Crippen molar-refractivity contribution in [2.75, 3.05) is 32.1 Å². The van der Waals surface area contributed by atoms with Crippen LogP contribution in [0.3, 0.4) is 0 Å². The molecule has 0 bridgehead atoms. The first-order valence-electron chi connectivity index (χ1n) is 7.72. The van der Waals surface area contributed by atoms with Crippen LogP contribution in [0, 0.1) is 13.8 Å². The van der Waals surface area contributed by atoms with Crippen LogP contribution in [0.4, 0.5) is 5.13 Å². The van der Waals surface area contributed by atoms with E-state index in [9.17, 15) is 13.2 Å². The Labute approximate surface area is 162 Å². The number of anilines is 1. The van der Waals surface area contributed by atoms with Crippen LogP contribution in [-0.2, 0) is 19.6 Å². The summed E-state index contributed by atoms with van der Waals surface area (Å²) >= 11 is 7.16. The summed E-state index contributed by atoms with van der Waals surface area (Å²) in [5.74, 6) is -0.465. The SMILES string of the molecule is COCCN(CC(=O)Nc1nc(C)c(C)s1)S(=O)(=O)c1ccc(Cl)cc1. The summed E-state index contributed by atoms with van der Waals surface area (Å²) in [7, 11) is -2.40. The van der Waals surface area contributed by atoms with Crippen LogP contribution >= 0.6 is 22.9 Å². The van der Waals surface area contributed by atoms with Crippen LogP contribution < -0.4 is 5.32 Å². The number of sulfonamides is 1. The molecule has 7 nitrogen and oxygen atoms in total. The molecule has 1 amide bonds. The Kier molecular flexibility index (Phi) is 7.13. The van der Waals surface area contributed by atoms with Crippen LogP contribution in [0.25, 0.3) is 0 Å². The molecule has 2 rings (SSSR count). The first-order valence-corrected chi connectivity index (χ1v) is 10.4. The Morgan fingerprint density at radius 2 is 1.96 bits per heavy atom. The van der Waals surface area contributed by atoms with Gasteiger partial charge in [0, 0.05) is 23.6 Å². The fourth-order valence-electron chi connectivity index (χ4n) is 2.08. The molecule has 1 aromatic heterocycles. The fourth-order valence-corrected chi connectivity index (χ4v) is 4.42. The fraction of sp³-hybridized carbons (Fsp3) is 0.375. The third kappa shape index (κ3) is 5.24. The summed E-state index contributed by atoms with van der Waals surface area (Å²) in [6, 6.07) is 5.79. The van der Waals surface area contributed by atoms with Gasteiger partial charge in [-0.25, -0.2) is 13.4 Å². The van der Waals surface area contributed by atoms with E-state index >= 15 is 0 Å².